The van der Waals surface area contributed by atoms with Crippen molar-refractivity contribution in [3.05, 3.63) is 24.0 Å². The molecular weight excluding hydrogens is 295 g/mol. The van der Waals surface area contributed by atoms with Gasteiger partial charge in [-0.1, -0.05) is 6.92 Å². The Bertz CT molecular complexity index is 656. The summed E-state index contributed by atoms with van der Waals surface area (Å²) in [4.78, 5) is 0. The van der Waals surface area contributed by atoms with E-state index >= 15 is 0 Å². The minimum atomic E-state index is -3.63. The van der Waals surface area contributed by atoms with Crippen molar-refractivity contribution >= 4 is 31.4 Å². The van der Waals surface area contributed by atoms with Crippen LogP contribution in [0.25, 0.3) is 0 Å². The molecule has 9 heteroatoms. The summed E-state index contributed by atoms with van der Waals surface area (Å²) in [5.41, 5.74) is -0.164. The predicted molar refractivity (Wildman–Crippen MR) is 72.6 cm³/mol. The molecule has 0 unspecified atom stereocenters. The summed E-state index contributed by atoms with van der Waals surface area (Å²) >= 11 is 0. The maximum absolute atomic E-state index is 13.1. The fourth-order valence-electron chi connectivity index (χ4n) is 1.38. The van der Waals surface area contributed by atoms with Crippen LogP contribution < -0.4 is 9.44 Å². The van der Waals surface area contributed by atoms with E-state index < -0.39 is 25.9 Å². The van der Waals surface area contributed by atoms with E-state index in [1.54, 1.807) is 6.92 Å². The number of halogens is 1. The van der Waals surface area contributed by atoms with Crippen molar-refractivity contribution in [3.63, 3.8) is 0 Å². The summed E-state index contributed by atoms with van der Waals surface area (Å²) < 4.78 is 62.9. The van der Waals surface area contributed by atoms with Gasteiger partial charge in [-0.3, -0.25) is 9.44 Å². The molecule has 2 N–H and O–H groups in total. The summed E-state index contributed by atoms with van der Waals surface area (Å²) in [6.45, 7) is 1.68. The Balaban J connectivity index is 3.15. The average Bonchev–Trinajstić information content (AvgIpc) is 2.19. The van der Waals surface area contributed by atoms with Gasteiger partial charge in [0.1, 0.15) is 5.82 Å². The lowest BCUT2D eigenvalue weighted by Gasteiger charge is -2.13. The molecule has 1 aromatic carbocycles. The molecule has 0 heterocycles. The Morgan fingerprint density at radius 1 is 1.11 bits per heavy atom. The summed E-state index contributed by atoms with van der Waals surface area (Å²) in [7, 11) is -7.22. The normalized spacial score (nSPS) is 12.2. The Kier molecular flexibility index (Phi) is 4.75. The number of nitrogens with one attached hydrogen (secondary N) is 2. The Morgan fingerprint density at radius 2 is 1.74 bits per heavy atom. The minimum Gasteiger partial charge on any atom is -0.282 e. The molecule has 1 rings (SSSR count). The topological polar surface area (TPSA) is 92.3 Å². The SMILES string of the molecule is CCCS(=O)(=O)Nc1cc(F)ccc1NS(C)(=O)=O. The highest BCUT2D eigenvalue weighted by molar-refractivity contribution is 7.93. The summed E-state index contributed by atoms with van der Waals surface area (Å²) in [5, 5.41) is 0. The van der Waals surface area contributed by atoms with Crippen molar-refractivity contribution in [3.8, 4) is 0 Å². The van der Waals surface area contributed by atoms with Gasteiger partial charge in [-0.05, 0) is 18.6 Å². The molecule has 1 aromatic rings. The quantitative estimate of drug-likeness (QED) is 0.829. The molecule has 0 aliphatic rings. The van der Waals surface area contributed by atoms with Gasteiger partial charge in [0.05, 0.1) is 23.4 Å². The van der Waals surface area contributed by atoms with Gasteiger partial charge < -0.3 is 0 Å². The van der Waals surface area contributed by atoms with Gasteiger partial charge in [-0.15, -0.1) is 0 Å². The van der Waals surface area contributed by atoms with Crippen LogP contribution in [-0.2, 0) is 20.0 Å². The lowest BCUT2D eigenvalue weighted by atomic mass is 10.3. The van der Waals surface area contributed by atoms with Gasteiger partial charge in [0, 0.05) is 6.07 Å². The number of hydrogen-bond donors (Lipinski definition) is 2. The third kappa shape index (κ3) is 5.43. The fourth-order valence-corrected chi connectivity index (χ4v) is 3.10. The molecule has 19 heavy (non-hydrogen) atoms. The van der Waals surface area contributed by atoms with Gasteiger partial charge in [-0.25, -0.2) is 21.2 Å². The number of sulfonamides is 2. The van der Waals surface area contributed by atoms with E-state index in [0.717, 1.165) is 24.5 Å². The fraction of sp³-hybridized carbons (Fsp3) is 0.400. The van der Waals surface area contributed by atoms with Crippen LogP contribution in [0.5, 0.6) is 0 Å². The van der Waals surface area contributed by atoms with Gasteiger partial charge in [0.2, 0.25) is 20.0 Å². The number of anilines is 2. The summed E-state index contributed by atoms with van der Waals surface area (Å²) in [6, 6.07) is 3.10. The lowest BCUT2D eigenvalue weighted by Crippen LogP contribution is -2.18. The summed E-state index contributed by atoms with van der Waals surface area (Å²) in [6.07, 6.45) is 1.31. The van der Waals surface area contributed by atoms with Gasteiger partial charge in [0.15, 0.2) is 0 Å². The Labute approximate surface area is 112 Å². The van der Waals surface area contributed by atoms with Crippen molar-refractivity contribution in [2.75, 3.05) is 21.5 Å². The first-order valence-corrected chi connectivity index (χ1v) is 8.95. The molecule has 0 saturated carbocycles. The molecular formula is C10H15FN2O4S2. The lowest BCUT2D eigenvalue weighted by molar-refractivity contribution is 0.599. The average molecular weight is 310 g/mol. The van der Waals surface area contributed by atoms with E-state index in [1.807, 2.05) is 0 Å². The van der Waals surface area contributed by atoms with Crippen molar-refractivity contribution in [2.45, 2.75) is 13.3 Å². The van der Waals surface area contributed by atoms with Gasteiger partial charge >= 0.3 is 0 Å². The number of benzene rings is 1. The molecule has 0 aliphatic carbocycles. The highest BCUT2D eigenvalue weighted by Gasteiger charge is 2.14. The van der Waals surface area contributed by atoms with Crippen LogP contribution in [0.2, 0.25) is 0 Å². The van der Waals surface area contributed by atoms with E-state index in [2.05, 4.69) is 9.44 Å². The van der Waals surface area contributed by atoms with Crippen LogP contribution in [0.15, 0.2) is 18.2 Å². The van der Waals surface area contributed by atoms with Crippen molar-refractivity contribution in [1.29, 1.82) is 0 Å². The number of hydrogen-bond acceptors (Lipinski definition) is 4. The second-order valence-electron chi connectivity index (χ2n) is 3.99. The largest absolute Gasteiger partial charge is 0.282 e. The smallest absolute Gasteiger partial charge is 0.232 e. The number of rotatable bonds is 6. The third-order valence-electron chi connectivity index (χ3n) is 2.02. The molecule has 0 aliphatic heterocycles. The second kappa shape index (κ2) is 5.74. The summed E-state index contributed by atoms with van der Waals surface area (Å²) in [5.74, 6) is -0.810. The molecule has 0 atom stereocenters. The third-order valence-corrected chi connectivity index (χ3v) is 4.08. The molecule has 0 radical (unpaired) electrons. The van der Waals surface area contributed by atoms with Crippen molar-refractivity contribution < 1.29 is 21.2 Å². The first-order chi connectivity index (χ1) is 8.63. The molecule has 0 fully saturated rings. The highest BCUT2D eigenvalue weighted by atomic mass is 32.2. The van der Waals surface area contributed by atoms with Crippen LogP contribution in [0, 0.1) is 5.82 Å². The van der Waals surface area contributed by atoms with Crippen LogP contribution >= 0.6 is 0 Å². The monoisotopic (exact) mass is 310 g/mol. The first-order valence-electron chi connectivity index (χ1n) is 5.41. The molecule has 6 nitrogen and oxygen atoms in total. The minimum absolute atomic E-state index is 0.0245. The van der Waals surface area contributed by atoms with Gasteiger partial charge in [-0.2, -0.15) is 0 Å². The maximum Gasteiger partial charge on any atom is 0.232 e. The van der Waals surface area contributed by atoms with E-state index in [0.29, 0.717) is 6.42 Å². The molecule has 0 amide bonds. The van der Waals surface area contributed by atoms with E-state index in [4.69, 9.17) is 0 Å². The molecule has 0 bridgehead atoms. The zero-order chi connectivity index (χ0) is 14.7. The zero-order valence-corrected chi connectivity index (χ0v) is 12.1. The standard InChI is InChI=1S/C10H15FN2O4S2/c1-3-6-19(16,17)13-10-7-8(11)4-5-9(10)12-18(2,14)15/h4-5,7,12-13H,3,6H2,1-2H3. The van der Waals surface area contributed by atoms with Crippen LogP contribution in [0.1, 0.15) is 13.3 Å². The second-order valence-corrected chi connectivity index (χ2v) is 7.58. The molecule has 108 valence electrons. The van der Waals surface area contributed by atoms with Crippen molar-refractivity contribution in [1.82, 2.24) is 0 Å². The van der Waals surface area contributed by atoms with Crippen LogP contribution in [-0.4, -0.2) is 28.8 Å². The Morgan fingerprint density at radius 3 is 2.26 bits per heavy atom. The maximum atomic E-state index is 13.1. The Hall–Kier alpha value is -1.35. The zero-order valence-electron chi connectivity index (χ0n) is 10.5. The molecule has 0 aromatic heterocycles. The van der Waals surface area contributed by atoms with Crippen LogP contribution in [0.4, 0.5) is 15.8 Å². The first kappa shape index (κ1) is 15.7. The predicted octanol–water partition coefficient (Wildman–Crippen LogP) is 1.35. The van der Waals surface area contributed by atoms with Crippen molar-refractivity contribution in [2.24, 2.45) is 0 Å². The molecule has 0 spiro atoms. The highest BCUT2D eigenvalue weighted by Crippen LogP contribution is 2.24. The van der Waals surface area contributed by atoms with Crippen LogP contribution in [0.3, 0.4) is 0 Å². The van der Waals surface area contributed by atoms with E-state index in [9.17, 15) is 21.2 Å². The van der Waals surface area contributed by atoms with E-state index in [-0.39, 0.29) is 17.1 Å². The molecule has 0 saturated heterocycles. The van der Waals surface area contributed by atoms with E-state index in [1.165, 1.54) is 0 Å². The van der Waals surface area contributed by atoms with Gasteiger partial charge in [0.25, 0.3) is 0 Å².